The fourth-order valence-corrected chi connectivity index (χ4v) is 2.71. The maximum Gasteiger partial charge on any atom is 0.405 e. The van der Waals surface area contributed by atoms with Crippen LogP contribution in [0.2, 0.25) is 0 Å². The molecule has 1 amide bonds. The van der Waals surface area contributed by atoms with Gasteiger partial charge in [-0.15, -0.1) is 0 Å². The molecule has 8 heteroatoms. The summed E-state index contributed by atoms with van der Waals surface area (Å²) in [6.45, 7) is 1.52. The van der Waals surface area contributed by atoms with Crippen molar-refractivity contribution in [3.8, 4) is 11.8 Å². The number of fused-ring (bicyclic) bond motifs is 1. The molecular weight excluding hydrogens is 339 g/mol. The number of aromatic nitrogens is 2. The molecule has 1 atom stereocenters. The van der Waals surface area contributed by atoms with Crippen LogP contribution in [0.5, 0.6) is 0 Å². The van der Waals surface area contributed by atoms with E-state index in [0.717, 1.165) is 10.6 Å². The number of nitrogens with one attached hydrogen (secondary N) is 1. The van der Waals surface area contributed by atoms with E-state index in [1.807, 2.05) is 6.07 Å². The summed E-state index contributed by atoms with van der Waals surface area (Å²) in [7, 11) is 0. The van der Waals surface area contributed by atoms with Crippen molar-refractivity contribution in [3.05, 3.63) is 70.0 Å². The first-order chi connectivity index (χ1) is 12.4. The third-order valence-corrected chi connectivity index (χ3v) is 3.83. The number of carboxylic acid groups (broad SMARTS) is 1. The molecule has 7 nitrogen and oxygen atoms in total. The van der Waals surface area contributed by atoms with Crippen molar-refractivity contribution in [3.63, 3.8) is 0 Å². The number of hydrogen-bond acceptors (Lipinski definition) is 4. The average Bonchev–Trinajstić information content (AvgIpc) is 2.60. The maximum absolute atomic E-state index is 14.2. The standard InChI is InChI=1S/C18H13FN4O3/c1-10(21-18(25)26)16-22-14-7-3-6-13(19)15(14)17(24)23(16)12-5-2-4-11(8-12)9-20/h2-8,10,21H,1H3,(H,25,26). The maximum atomic E-state index is 14.2. The Kier molecular flexibility index (Phi) is 4.37. The van der Waals surface area contributed by atoms with Crippen LogP contribution < -0.4 is 10.9 Å². The fourth-order valence-electron chi connectivity index (χ4n) is 2.71. The van der Waals surface area contributed by atoms with Crippen LogP contribution >= 0.6 is 0 Å². The average molecular weight is 352 g/mol. The van der Waals surface area contributed by atoms with Gasteiger partial charge in [-0.3, -0.25) is 9.36 Å². The highest BCUT2D eigenvalue weighted by Gasteiger charge is 2.21. The molecule has 0 aliphatic carbocycles. The molecule has 0 saturated heterocycles. The van der Waals surface area contributed by atoms with Crippen molar-refractivity contribution in [1.29, 1.82) is 5.26 Å². The van der Waals surface area contributed by atoms with E-state index in [9.17, 15) is 14.0 Å². The van der Waals surface area contributed by atoms with E-state index in [0.29, 0.717) is 11.3 Å². The van der Waals surface area contributed by atoms with E-state index >= 15 is 0 Å². The van der Waals surface area contributed by atoms with E-state index in [1.54, 1.807) is 18.2 Å². The van der Waals surface area contributed by atoms with Crippen molar-refractivity contribution < 1.29 is 14.3 Å². The van der Waals surface area contributed by atoms with Gasteiger partial charge in [-0.25, -0.2) is 14.2 Å². The summed E-state index contributed by atoms with van der Waals surface area (Å²) in [5.74, 6) is -0.638. The molecular formula is C18H13FN4O3. The van der Waals surface area contributed by atoms with Crippen LogP contribution in [0.15, 0.2) is 47.3 Å². The van der Waals surface area contributed by atoms with Gasteiger partial charge in [-0.05, 0) is 37.3 Å². The van der Waals surface area contributed by atoms with Gasteiger partial charge in [0, 0.05) is 0 Å². The quantitative estimate of drug-likeness (QED) is 0.753. The molecule has 3 rings (SSSR count). The lowest BCUT2D eigenvalue weighted by Gasteiger charge is -2.18. The number of carbonyl (C=O) groups is 1. The number of benzene rings is 2. The number of nitriles is 1. The number of halogens is 1. The lowest BCUT2D eigenvalue weighted by Crippen LogP contribution is -2.32. The lowest BCUT2D eigenvalue weighted by atomic mass is 10.1. The van der Waals surface area contributed by atoms with Gasteiger partial charge in [0.05, 0.1) is 28.9 Å². The molecule has 0 radical (unpaired) electrons. The predicted octanol–water partition coefficient (Wildman–Crippen LogP) is 2.73. The van der Waals surface area contributed by atoms with Crippen LogP contribution in [0.1, 0.15) is 24.4 Å². The van der Waals surface area contributed by atoms with Gasteiger partial charge in [0.2, 0.25) is 0 Å². The van der Waals surface area contributed by atoms with Gasteiger partial charge in [-0.2, -0.15) is 5.26 Å². The first-order valence-corrected chi connectivity index (χ1v) is 7.63. The third-order valence-electron chi connectivity index (χ3n) is 3.83. The van der Waals surface area contributed by atoms with Crippen molar-refractivity contribution in [1.82, 2.24) is 14.9 Å². The molecule has 0 aliphatic heterocycles. The normalized spacial score (nSPS) is 11.7. The topological polar surface area (TPSA) is 108 Å². The second kappa shape index (κ2) is 6.64. The fraction of sp³-hybridized carbons (Fsp3) is 0.111. The van der Waals surface area contributed by atoms with Crippen LogP contribution in [-0.4, -0.2) is 20.8 Å². The van der Waals surface area contributed by atoms with Crippen molar-refractivity contribution in [2.75, 3.05) is 0 Å². The Balaban J connectivity index is 2.39. The van der Waals surface area contributed by atoms with Gasteiger partial charge in [0.1, 0.15) is 17.0 Å². The molecule has 0 fully saturated rings. The Morgan fingerprint density at radius 2 is 2.08 bits per heavy atom. The zero-order chi connectivity index (χ0) is 18.8. The first-order valence-electron chi connectivity index (χ1n) is 7.63. The zero-order valence-corrected chi connectivity index (χ0v) is 13.6. The van der Waals surface area contributed by atoms with Gasteiger partial charge in [0.15, 0.2) is 0 Å². The minimum Gasteiger partial charge on any atom is -0.465 e. The number of hydrogen-bond donors (Lipinski definition) is 2. The lowest BCUT2D eigenvalue weighted by molar-refractivity contribution is 0.190. The van der Waals surface area contributed by atoms with E-state index in [4.69, 9.17) is 10.4 Å². The molecule has 0 saturated carbocycles. The summed E-state index contributed by atoms with van der Waals surface area (Å²) in [4.78, 5) is 28.3. The van der Waals surface area contributed by atoms with Gasteiger partial charge >= 0.3 is 6.09 Å². The second-order valence-electron chi connectivity index (χ2n) is 5.58. The highest BCUT2D eigenvalue weighted by Crippen LogP contribution is 2.20. The summed E-state index contributed by atoms with van der Waals surface area (Å²) in [6, 6.07) is 11.3. The van der Waals surface area contributed by atoms with Crippen molar-refractivity contribution >= 4 is 17.0 Å². The van der Waals surface area contributed by atoms with Gasteiger partial charge in [0.25, 0.3) is 5.56 Å². The molecule has 2 N–H and O–H groups in total. The minimum atomic E-state index is -1.29. The molecule has 130 valence electrons. The summed E-state index contributed by atoms with van der Waals surface area (Å²) < 4.78 is 15.3. The molecule has 1 heterocycles. The Morgan fingerprint density at radius 3 is 2.77 bits per heavy atom. The van der Waals surface area contributed by atoms with Crippen molar-refractivity contribution in [2.24, 2.45) is 0 Å². The highest BCUT2D eigenvalue weighted by molar-refractivity contribution is 5.78. The summed E-state index contributed by atoms with van der Waals surface area (Å²) in [5.41, 5.74) is 0.0301. The summed E-state index contributed by atoms with van der Waals surface area (Å²) >= 11 is 0. The Labute approximate surface area is 147 Å². The summed E-state index contributed by atoms with van der Waals surface area (Å²) in [5, 5.41) is 20.1. The Bertz CT molecular complexity index is 1120. The zero-order valence-electron chi connectivity index (χ0n) is 13.6. The van der Waals surface area contributed by atoms with Crippen LogP contribution in [-0.2, 0) is 0 Å². The number of nitrogens with zero attached hydrogens (tertiary/aromatic N) is 3. The van der Waals surface area contributed by atoms with E-state index < -0.39 is 23.5 Å². The Morgan fingerprint density at radius 1 is 1.35 bits per heavy atom. The van der Waals surface area contributed by atoms with Crippen LogP contribution in [0, 0.1) is 17.1 Å². The SMILES string of the molecule is CC(NC(=O)O)c1nc2cccc(F)c2c(=O)n1-c1cccc(C#N)c1. The van der Waals surface area contributed by atoms with Gasteiger partial charge < -0.3 is 10.4 Å². The smallest absolute Gasteiger partial charge is 0.405 e. The van der Waals surface area contributed by atoms with Crippen LogP contribution in [0.4, 0.5) is 9.18 Å². The molecule has 0 spiro atoms. The molecule has 0 bridgehead atoms. The molecule has 0 aliphatic rings. The highest BCUT2D eigenvalue weighted by atomic mass is 19.1. The van der Waals surface area contributed by atoms with Crippen molar-refractivity contribution in [2.45, 2.75) is 13.0 Å². The van der Waals surface area contributed by atoms with E-state index in [2.05, 4.69) is 10.3 Å². The van der Waals surface area contributed by atoms with Gasteiger partial charge in [-0.1, -0.05) is 12.1 Å². The largest absolute Gasteiger partial charge is 0.465 e. The van der Waals surface area contributed by atoms with E-state index in [1.165, 1.54) is 25.1 Å². The second-order valence-corrected chi connectivity index (χ2v) is 5.58. The Hall–Kier alpha value is -3.73. The van der Waals surface area contributed by atoms with Crippen LogP contribution in [0.25, 0.3) is 16.6 Å². The minimum absolute atomic E-state index is 0.0885. The molecule has 1 unspecified atom stereocenters. The van der Waals surface area contributed by atoms with E-state index in [-0.39, 0.29) is 16.7 Å². The first kappa shape index (κ1) is 17.1. The molecule has 2 aromatic carbocycles. The monoisotopic (exact) mass is 352 g/mol. The molecule has 3 aromatic rings. The third kappa shape index (κ3) is 2.98. The van der Waals surface area contributed by atoms with Crippen LogP contribution in [0.3, 0.4) is 0 Å². The molecule has 26 heavy (non-hydrogen) atoms. The molecule has 1 aromatic heterocycles. The predicted molar refractivity (Wildman–Crippen MR) is 91.6 cm³/mol. The number of rotatable bonds is 3. The number of amides is 1. The summed E-state index contributed by atoms with van der Waals surface area (Å²) in [6.07, 6.45) is -1.29.